The number of aryl methyl sites for hydroxylation is 2. The fourth-order valence-electron chi connectivity index (χ4n) is 2.77. The molecule has 1 heterocycles. The van der Waals surface area contributed by atoms with Crippen LogP contribution in [0.5, 0.6) is 0 Å². The lowest BCUT2D eigenvalue weighted by atomic mass is 10.1. The smallest absolute Gasteiger partial charge is 0.355 e. The zero-order chi connectivity index (χ0) is 17.8. The minimum atomic E-state index is -0.539. The maximum Gasteiger partial charge on any atom is 0.355 e. The van der Waals surface area contributed by atoms with Crippen LogP contribution >= 0.6 is 0 Å². The van der Waals surface area contributed by atoms with Crippen molar-refractivity contribution in [3.05, 3.63) is 70.9 Å². The van der Waals surface area contributed by atoms with Gasteiger partial charge in [0.25, 0.3) is 5.91 Å². The number of carbonyl (C=O) groups excluding carboxylic acids is 2. The van der Waals surface area contributed by atoms with E-state index in [1.807, 2.05) is 50.2 Å². The SMILES string of the molecule is Cc1cc(C)c2cc(C(=O)OCC(=O)NCc3ccccc3)[nH]c2c1. The molecule has 2 N–H and O–H groups in total. The van der Waals surface area contributed by atoms with Crippen LogP contribution in [0, 0.1) is 13.8 Å². The standard InChI is InChI=1S/C20H20N2O3/c1-13-8-14(2)16-10-18(22-17(16)9-13)20(24)25-12-19(23)21-11-15-6-4-3-5-7-15/h3-10,22H,11-12H2,1-2H3,(H,21,23). The summed E-state index contributed by atoms with van der Waals surface area (Å²) in [6.45, 7) is 4.10. The molecule has 0 atom stereocenters. The van der Waals surface area contributed by atoms with E-state index >= 15 is 0 Å². The minimum absolute atomic E-state index is 0.307. The molecule has 3 aromatic rings. The quantitative estimate of drug-likeness (QED) is 0.703. The van der Waals surface area contributed by atoms with Crippen LogP contribution in [-0.4, -0.2) is 23.5 Å². The third kappa shape index (κ3) is 4.07. The van der Waals surface area contributed by atoms with Gasteiger partial charge in [-0.2, -0.15) is 0 Å². The first-order valence-electron chi connectivity index (χ1n) is 8.10. The highest BCUT2D eigenvalue weighted by Gasteiger charge is 2.14. The van der Waals surface area contributed by atoms with Crippen LogP contribution in [0.2, 0.25) is 0 Å². The highest BCUT2D eigenvalue weighted by atomic mass is 16.5. The molecule has 0 unspecified atom stereocenters. The number of benzene rings is 2. The fraction of sp³-hybridized carbons (Fsp3) is 0.200. The van der Waals surface area contributed by atoms with Gasteiger partial charge in [-0.25, -0.2) is 4.79 Å². The predicted molar refractivity (Wildman–Crippen MR) is 96.3 cm³/mol. The van der Waals surface area contributed by atoms with Crippen LogP contribution in [0.25, 0.3) is 10.9 Å². The average molecular weight is 336 g/mol. The highest BCUT2D eigenvalue weighted by molar-refractivity contribution is 5.96. The van der Waals surface area contributed by atoms with Crippen molar-refractivity contribution in [3.63, 3.8) is 0 Å². The van der Waals surface area contributed by atoms with Crippen molar-refractivity contribution < 1.29 is 14.3 Å². The molecule has 0 saturated heterocycles. The average Bonchev–Trinajstić information content (AvgIpc) is 3.03. The molecular weight excluding hydrogens is 316 g/mol. The number of aromatic amines is 1. The summed E-state index contributed by atoms with van der Waals surface area (Å²) in [5.74, 6) is -0.872. The normalized spacial score (nSPS) is 10.6. The molecule has 1 amide bonds. The van der Waals surface area contributed by atoms with Crippen molar-refractivity contribution in [1.29, 1.82) is 0 Å². The second kappa shape index (κ2) is 7.21. The Hall–Kier alpha value is -3.08. The van der Waals surface area contributed by atoms with Crippen LogP contribution in [0.3, 0.4) is 0 Å². The Morgan fingerprint density at radius 3 is 2.60 bits per heavy atom. The van der Waals surface area contributed by atoms with E-state index in [-0.39, 0.29) is 12.5 Å². The number of hydrogen-bond donors (Lipinski definition) is 2. The van der Waals surface area contributed by atoms with Crippen molar-refractivity contribution in [2.75, 3.05) is 6.61 Å². The van der Waals surface area contributed by atoms with E-state index in [1.165, 1.54) is 0 Å². The second-order valence-electron chi connectivity index (χ2n) is 6.06. The lowest BCUT2D eigenvalue weighted by Crippen LogP contribution is -2.28. The Labute approximate surface area is 146 Å². The van der Waals surface area contributed by atoms with E-state index in [0.717, 1.165) is 27.6 Å². The molecule has 5 nitrogen and oxygen atoms in total. The first-order valence-corrected chi connectivity index (χ1v) is 8.10. The molecule has 0 fully saturated rings. The number of hydrogen-bond acceptors (Lipinski definition) is 3. The lowest BCUT2D eigenvalue weighted by molar-refractivity contribution is -0.124. The van der Waals surface area contributed by atoms with Crippen LogP contribution in [0.1, 0.15) is 27.2 Å². The number of fused-ring (bicyclic) bond motifs is 1. The predicted octanol–water partition coefficient (Wildman–Crippen LogP) is 3.26. The zero-order valence-corrected chi connectivity index (χ0v) is 14.3. The molecule has 128 valence electrons. The van der Waals surface area contributed by atoms with Gasteiger partial charge in [-0.05, 0) is 42.7 Å². The first kappa shape index (κ1) is 16.8. The number of H-pyrrole nitrogens is 1. The molecule has 0 aliphatic rings. The van der Waals surface area contributed by atoms with Crippen molar-refractivity contribution in [1.82, 2.24) is 10.3 Å². The van der Waals surface area contributed by atoms with Gasteiger partial charge in [0, 0.05) is 17.4 Å². The van der Waals surface area contributed by atoms with Gasteiger partial charge in [0.15, 0.2) is 6.61 Å². The Balaban J connectivity index is 1.57. The Morgan fingerprint density at radius 1 is 1.08 bits per heavy atom. The van der Waals surface area contributed by atoms with Gasteiger partial charge >= 0.3 is 5.97 Å². The number of amides is 1. The lowest BCUT2D eigenvalue weighted by Gasteiger charge is -2.06. The molecular formula is C20H20N2O3. The van der Waals surface area contributed by atoms with Gasteiger partial charge in [-0.15, -0.1) is 0 Å². The molecule has 0 aliphatic carbocycles. The molecule has 1 aromatic heterocycles. The number of carbonyl (C=O) groups is 2. The highest BCUT2D eigenvalue weighted by Crippen LogP contribution is 2.21. The van der Waals surface area contributed by atoms with Crippen molar-refractivity contribution >= 4 is 22.8 Å². The molecule has 25 heavy (non-hydrogen) atoms. The Kier molecular flexibility index (Phi) is 4.84. The molecule has 0 spiro atoms. The van der Waals surface area contributed by atoms with Gasteiger partial charge in [-0.3, -0.25) is 4.79 Å². The largest absolute Gasteiger partial charge is 0.451 e. The van der Waals surface area contributed by atoms with E-state index in [1.54, 1.807) is 6.07 Å². The summed E-state index contributed by atoms with van der Waals surface area (Å²) in [4.78, 5) is 27.0. The molecule has 3 rings (SSSR count). The maximum atomic E-state index is 12.2. The van der Waals surface area contributed by atoms with Crippen LogP contribution in [0.15, 0.2) is 48.5 Å². The number of aromatic nitrogens is 1. The van der Waals surface area contributed by atoms with Gasteiger partial charge in [-0.1, -0.05) is 36.4 Å². The summed E-state index contributed by atoms with van der Waals surface area (Å²) in [5.41, 5.74) is 4.43. The molecule has 0 radical (unpaired) electrons. The van der Waals surface area contributed by atoms with Gasteiger partial charge in [0.2, 0.25) is 0 Å². The minimum Gasteiger partial charge on any atom is -0.451 e. The third-order valence-corrected chi connectivity index (χ3v) is 3.98. The van der Waals surface area contributed by atoms with E-state index in [2.05, 4.69) is 16.4 Å². The molecule has 5 heteroatoms. The third-order valence-electron chi connectivity index (χ3n) is 3.98. The molecule has 0 aliphatic heterocycles. The van der Waals surface area contributed by atoms with Gasteiger partial charge in [0.05, 0.1) is 0 Å². The first-order chi connectivity index (χ1) is 12.0. The maximum absolute atomic E-state index is 12.2. The number of rotatable bonds is 5. The Bertz CT molecular complexity index is 913. The fourth-order valence-corrected chi connectivity index (χ4v) is 2.77. The van der Waals surface area contributed by atoms with E-state index in [4.69, 9.17) is 4.74 Å². The van der Waals surface area contributed by atoms with Crippen LogP contribution in [-0.2, 0) is 16.1 Å². The molecule has 0 saturated carbocycles. The van der Waals surface area contributed by atoms with Crippen molar-refractivity contribution in [3.8, 4) is 0 Å². The van der Waals surface area contributed by atoms with E-state index < -0.39 is 5.97 Å². The van der Waals surface area contributed by atoms with Gasteiger partial charge < -0.3 is 15.0 Å². The topological polar surface area (TPSA) is 71.2 Å². The van der Waals surface area contributed by atoms with Crippen molar-refractivity contribution in [2.45, 2.75) is 20.4 Å². The zero-order valence-electron chi connectivity index (χ0n) is 14.3. The summed E-state index contributed by atoms with van der Waals surface area (Å²) in [7, 11) is 0. The summed E-state index contributed by atoms with van der Waals surface area (Å²) < 4.78 is 5.10. The second-order valence-corrected chi connectivity index (χ2v) is 6.06. The van der Waals surface area contributed by atoms with Crippen molar-refractivity contribution in [2.24, 2.45) is 0 Å². The number of ether oxygens (including phenoxy) is 1. The van der Waals surface area contributed by atoms with E-state index in [9.17, 15) is 9.59 Å². The summed E-state index contributed by atoms with van der Waals surface area (Å²) >= 11 is 0. The summed E-state index contributed by atoms with van der Waals surface area (Å²) in [6, 6.07) is 15.4. The Morgan fingerprint density at radius 2 is 1.84 bits per heavy atom. The molecule has 0 bridgehead atoms. The monoisotopic (exact) mass is 336 g/mol. The van der Waals surface area contributed by atoms with Gasteiger partial charge in [0.1, 0.15) is 5.69 Å². The van der Waals surface area contributed by atoms with Crippen LogP contribution in [0.4, 0.5) is 0 Å². The number of esters is 1. The van der Waals surface area contributed by atoms with Crippen LogP contribution < -0.4 is 5.32 Å². The summed E-state index contributed by atoms with van der Waals surface area (Å²) in [6.07, 6.45) is 0. The summed E-state index contributed by atoms with van der Waals surface area (Å²) in [5, 5.41) is 3.70. The number of nitrogens with one attached hydrogen (secondary N) is 2. The van der Waals surface area contributed by atoms with E-state index in [0.29, 0.717) is 12.2 Å². The molecule has 2 aromatic carbocycles.